The van der Waals surface area contributed by atoms with Crippen LogP contribution in [0.4, 0.5) is 0 Å². The minimum Gasteiger partial charge on any atom is -0.480 e. The summed E-state index contributed by atoms with van der Waals surface area (Å²) in [5, 5.41) is 8.83. The van der Waals surface area contributed by atoms with Gasteiger partial charge in [-0.15, -0.1) is 4.91 Å². The van der Waals surface area contributed by atoms with Crippen LogP contribution in [0.2, 0.25) is 0 Å². The van der Waals surface area contributed by atoms with Crippen molar-refractivity contribution in [3.8, 4) is 0 Å². The molecule has 2 aliphatic rings. The van der Waals surface area contributed by atoms with E-state index in [0.717, 1.165) is 63.3 Å². The first-order chi connectivity index (χ1) is 8.64. The molecule has 0 aromatic heterocycles. The van der Waals surface area contributed by atoms with Gasteiger partial charge in [-0.1, -0.05) is 25.7 Å². The Morgan fingerprint density at radius 1 is 1.17 bits per heavy atom. The molecule has 0 unspecified atom stereocenters. The summed E-state index contributed by atoms with van der Waals surface area (Å²) in [6.07, 6.45) is 7.74. The summed E-state index contributed by atoms with van der Waals surface area (Å²) in [7, 11) is 0. The Morgan fingerprint density at radius 3 is 2.22 bits per heavy atom. The first-order valence-corrected chi connectivity index (χ1v) is 7.28. The normalized spacial score (nSPS) is 35.8. The molecule has 5 nitrogen and oxygen atoms in total. The zero-order valence-electron chi connectivity index (χ0n) is 10.4. The number of rotatable bonds is 5. The molecule has 0 heterocycles. The minimum absolute atomic E-state index is 0.277. The summed E-state index contributed by atoms with van der Waals surface area (Å²) >= 11 is 1.09. The zero-order valence-corrected chi connectivity index (χ0v) is 11.2. The quantitative estimate of drug-likeness (QED) is 0.615. The number of nitrogens with zero attached hydrogens (tertiary/aromatic N) is 1. The fourth-order valence-corrected chi connectivity index (χ4v) is 4.57. The monoisotopic (exact) mass is 273 g/mol. The van der Waals surface area contributed by atoms with Crippen molar-refractivity contribution >= 4 is 17.9 Å². The lowest BCUT2D eigenvalue weighted by Crippen LogP contribution is -2.58. The van der Waals surface area contributed by atoms with E-state index >= 15 is 0 Å². The van der Waals surface area contributed by atoms with Gasteiger partial charge in [-0.2, -0.15) is 0 Å². The van der Waals surface area contributed by atoms with Gasteiger partial charge < -0.3 is 9.84 Å². The largest absolute Gasteiger partial charge is 0.480 e. The number of ether oxygens (including phenoxy) is 1. The van der Waals surface area contributed by atoms with Crippen molar-refractivity contribution in [2.45, 2.75) is 61.7 Å². The number of carbonyl (C=O) groups is 1. The number of fused-ring (bicyclic) bond motifs is 1. The van der Waals surface area contributed by atoms with Gasteiger partial charge in [0.25, 0.3) is 0 Å². The van der Waals surface area contributed by atoms with Crippen LogP contribution in [0.3, 0.4) is 0 Å². The number of aliphatic carboxylic acids is 1. The second-order valence-electron chi connectivity index (χ2n) is 5.25. The van der Waals surface area contributed by atoms with Crippen LogP contribution in [0.25, 0.3) is 0 Å². The summed E-state index contributed by atoms with van der Waals surface area (Å²) in [5.41, 5.74) is -0.458. The van der Waals surface area contributed by atoms with Crippen LogP contribution < -0.4 is 0 Å². The fourth-order valence-electron chi connectivity index (χ4n) is 3.53. The van der Waals surface area contributed by atoms with Gasteiger partial charge in [0.2, 0.25) is 0 Å². The van der Waals surface area contributed by atoms with Crippen LogP contribution in [0, 0.1) is 4.91 Å². The maximum atomic E-state index is 10.8. The Labute approximate surface area is 111 Å². The number of hydrogen-bond donors (Lipinski definition) is 1. The molecule has 102 valence electrons. The molecule has 2 fully saturated rings. The van der Waals surface area contributed by atoms with Gasteiger partial charge >= 0.3 is 5.97 Å². The molecule has 6 heteroatoms. The molecular formula is C12H19NO4S. The van der Waals surface area contributed by atoms with Gasteiger partial charge in [-0.3, -0.25) is 0 Å². The minimum atomic E-state index is -0.946. The average Bonchev–Trinajstić information content (AvgIpc) is 2.37. The van der Waals surface area contributed by atoms with Gasteiger partial charge in [0, 0.05) is 16.5 Å². The number of hydrogen-bond acceptors (Lipinski definition) is 5. The fraction of sp³-hybridized carbons (Fsp3) is 0.917. The summed E-state index contributed by atoms with van der Waals surface area (Å²) in [5.74, 6) is -0.946. The van der Waals surface area contributed by atoms with E-state index in [1.807, 2.05) is 0 Å². The molecule has 0 amide bonds. The Kier molecular flexibility index (Phi) is 4.27. The van der Waals surface area contributed by atoms with E-state index in [0.29, 0.717) is 0 Å². The second kappa shape index (κ2) is 5.57. The summed E-state index contributed by atoms with van der Waals surface area (Å²) in [6.45, 7) is -0.277. The molecule has 2 rings (SSSR count). The maximum absolute atomic E-state index is 10.8. The van der Waals surface area contributed by atoms with Crippen molar-refractivity contribution in [3.05, 3.63) is 4.91 Å². The molecule has 0 atom stereocenters. The second-order valence-corrected chi connectivity index (χ2v) is 6.36. The van der Waals surface area contributed by atoms with Crippen LogP contribution in [0.5, 0.6) is 0 Å². The zero-order chi connectivity index (χ0) is 13.1. The van der Waals surface area contributed by atoms with Crippen molar-refractivity contribution < 1.29 is 14.6 Å². The number of nitroso groups, excluding NO2 is 1. The average molecular weight is 273 g/mol. The van der Waals surface area contributed by atoms with Crippen LogP contribution in [-0.4, -0.2) is 28.0 Å². The van der Waals surface area contributed by atoms with E-state index in [1.165, 1.54) is 0 Å². The topological polar surface area (TPSA) is 76.0 Å². The predicted octanol–water partition coefficient (Wildman–Crippen LogP) is 3.13. The Balaban J connectivity index is 2.22. The lowest BCUT2D eigenvalue weighted by Gasteiger charge is -2.54. The van der Waals surface area contributed by atoms with E-state index in [4.69, 9.17) is 9.84 Å². The molecule has 2 aliphatic carbocycles. The third kappa shape index (κ3) is 2.40. The van der Waals surface area contributed by atoms with Crippen LogP contribution >= 0.6 is 11.9 Å². The lowest BCUT2D eigenvalue weighted by atomic mass is 9.66. The van der Waals surface area contributed by atoms with Gasteiger partial charge in [0.1, 0.15) is 6.61 Å². The highest BCUT2D eigenvalue weighted by molar-refractivity contribution is 7.99. The van der Waals surface area contributed by atoms with E-state index in [1.54, 1.807) is 0 Å². The maximum Gasteiger partial charge on any atom is 0.329 e. The van der Waals surface area contributed by atoms with Gasteiger partial charge in [0.05, 0.1) is 10.3 Å². The lowest BCUT2D eigenvalue weighted by molar-refractivity contribution is -0.159. The van der Waals surface area contributed by atoms with Gasteiger partial charge in [-0.25, -0.2) is 4.79 Å². The molecule has 0 aliphatic heterocycles. The van der Waals surface area contributed by atoms with Crippen molar-refractivity contribution in [3.63, 3.8) is 0 Å². The summed E-state index contributed by atoms with van der Waals surface area (Å²) < 4.78 is 8.53. The molecule has 0 radical (unpaired) electrons. The van der Waals surface area contributed by atoms with Crippen LogP contribution in [0.1, 0.15) is 51.4 Å². The summed E-state index contributed by atoms with van der Waals surface area (Å²) in [6, 6.07) is 0. The molecule has 18 heavy (non-hydrogen) atoms. The van der Waals surface area contributed by atoms with Crippen molar-refractivity contribution in [2.24, 2.45) is 4.58 Å². The number of carboxylic acid groups (broad SMARTS) is 1. The van der Waals surface area contributed by atoms with Gasteiger partial charge in [-0.05, 0) is 25.7 Å². The van der Waals surface area contributed by atoms with Crippen molar-refractivity contribution in [1.82, 2.24) is 0 Å². The van der Waals surface area contributed by atoms with Gasteiger partial charge in [0.15, 0.2) is 0 Å². The standard InChI is InChI=1S/C12H19NO4S/c14-10(15)9-17-11-5-1-3-7-12(11,18-13-16)8-4-2-6-11/h1-9H2,(H,14,15). The van der Waals surface area contributed by atoms with E-state index in [2.05, 4.69) is 4.58 Å². The van der Waals surface area contributed by atoms with E-state index in [-0.39, 0.29) is 11.4 Å². The molecule has 0 aromatic rings. The Hall–Kier alpha value is -0.620. The molecule has 0 saturated heterocycles. The highest BCUT2D eigenvalue weighted by atomic mass is 32.2. The van der Waals surface area contributed by atoms with E-state index < -0.39 is 11.6 Å². The molecular weight excluding hydrogens is 254 g/mol. The smallest absolute Gasteiger partial charge is 0.329 e. The summed E-state index contributed by atoms with van der Waals surface area (Å²) in [4.78, 5) is 21.5. The van der Waals surface area contributed by atoms with Crippen LogP contribution in [-0.2, 0) is 9.53 Å². The first kappa shape index (κ1) is 13.8. The van der Waals surface area contributed by atoms with Crippen molar-refractivity contribution in [1.29, 1.82) is 0 Å². The highest BCUT2D eigenvalue weighted by Gasteiger charge is 2.56. The predicted molar refractivity (Wildman–Crippen MR) is 69.4 cm³/mol. The SMILES string of the molecule is O=NSC12CCCCC1(OCC(=O)O)CCCC2. The highest BCUT2D eigenvalue weighted by Crippen LogP contribution is 2.56. The molecule has 0 bridgehead atoms. The third-order valence-electron chi connectivity index (χ3n) is 4.34. The molecule has 1 N–H and O–H groups in total. The van der Waals surface area contributed by atoms with Crippen molar-refractivity contribution in [2.75, 3.05) is 6.61 Å². The van der Waals surface area contributed by atoms with E-state index in [9.17, 15) is 9.70 Å². The van der Waals surface area contributed by atoms with Crippen LogP contribution in [0.15, 0.2) is 4.58 Å². The third-order valence-corrected chi connectivity index (χ3v) is 5.54. The Bertz CT molecular complexity index is 322. The molecule has 2 saturated carbocycles. The molecule has 0 aromatic carbocycles. The number of carboxylic acids is 1. The first-order valence-electron chi connectivity index (χ1n) is 6.51. The molecule has 0 spiro atoms. The Morgan fingerprint density at radius 2 is 1.72 bits per heavy atom.